The minimum atomic E-state index is -0.996. The maximum Gasteiger partial charge on any atom is 0.326 e. The van der Waals surface area contributed by atoms with Gasteiger partial charge in [0.1, 0.15) is 6.04 Å². The van der Waals surface area contributed by atoms with Crippen LogP contribution < -0.4 is 5.32 Å². The molecule has 0 saturated carbocycles. The van der Waals surface area contributed by atoms with Crippen LogP contribution >= 0.6 is 11.8 Å². The highest BCUT2D eigenvalue weighted by atomic mass is 32.2. The average molecular weight is 378 g/mol. The Bertz CT molecular complexity index is 772. The molecule has 0 aliphatic carbocycles. The number of fused-ring (bicyclic) bond motifs is 1. The van der Waals surface area contributed by atoms with Crippen molar-refractivity contribution >= 4 is 34.7 Å². The molecule has 7 heteroatoms. The van der Waals surface area contributed by atoms with Crippen LogP contribution in [-0.2, 0) is 16.1 Å². The van der Waals surface area contributed by atoms with E-state index in [2.05, 4.69) is 28.7 Å². The van der Waals surface area contributed by atoms with Gasteiger partial charge in [-0.1, -0.05) is 58.0 Å². The Hall–Kier alpha value is -2.02. The van der Waals surface area contributed by atoms with Gasteiger partial charge in [0.25, 0.3) is 0 Å². The molecule has 2 atom stereocenters. The second kappa shape index (κ2) is 9.07. The second-order valence-electron chi connectivity index (χ2n) is 6.95. The van der Waals surface area contributed by atoms with Crippen LogP contribution in [0.2, 0.25) is 0 Å². The van der Waals surface area contributed by atoms with Crippen molar-refractivity contribution in [3.05, 3.63) is 24.3 Å². The molecule has 142 valence electrons. The number of nitrogens with one attached hydrogen (secondary N) is 1. The fourth-order valence-electron chi connectivity index (χ4n) is 2.73. The molecule has 1 heterocycles. The number of hydrogen-bond donors (Lipinski definition) is 2. The van der Waals surface area contributed by atoms with Gasteiger partial charge in [-0.15, -0.1) is 0 Å². The molecular weight excluding hydrogens is 350 g/mol. The SMILES string of the molecule is CC[C@@H](C)[C@H](NC(=O)CSc1nc2ccccc2n1CC(C)C)C(=O)O. The summed E-state index contributed by atoms with van der Waals surface area (Å²) >= 11 is 1.34. The minimum absolute atomic E-state index is 0.119. The van der Waals surface area contributed by atoms with Crippen LogP contribution in [0.15, 0.2) is 29.4 Å². The van der Waals surface area contributed by atoms with Gasteiger partial charge in [-0.2, -0.15) is 0 Å². The van der Waals surface area contributed by atoms with Gasteiger partial charge in [0.05, 0.1) is 16.8 Å². The molecule has 2 N–H and O–H groups in total. The van der Waals surface area contributed by atoms with Gasteiger partial charge in [0.15, 0.2) is 5.16 Å². The Morgan fingerprint density at radius 2 is 1.96 bits per heavy atom. The number of thioether (sulfide) groups is 1. The standard InChI is InChI=1S/C19H27N3O3S/c1-5-13(4)17(18(24)25)21-16(23)11-26-19-20-14-8-6-7-9-15(14)22(19)10-12(2)3/h6-9,12-13,17H,5,10-11H2,1-4H3,(H,21,23)(H,24,25)/t13-,17+/m1/s1. The third kappa shape index (κ3) is 5.00. The molecule has 0 aliphatic heterocycles. The van der Waals surface area contributed by atoms with Crippen LogP contribution in [-0.4, -0.2) is 38.3 Å². The number of benzene rings is 1. The van der Waals surface area contributed by atoms with Crippen molar-refractivity contribution in [2.75, 3.05) is 5.75 Å². The summed E-state index contributed by atoms with van der Waals surface area (Å²) in [6, 6.07) is 7.05. The maximum absolute atomic E-state index is 12.3. The average Bonchev–Trinajstić information content (AvgIpc) is 2.94. The monoisotopic (exact) mass is 377 g/mol. The van der Waals surface area contributed by atoms with Crippen LogP contribution in [0.4, 0.5) is 0 Å². The molecule has 6 nitrogen and oxygen atoms in total. The number of para-hydroxylation sites is 2. The fraction of sp³-hybridized carbons (Fsp3) is 0.526. The van der Waals surface area contributed by atoms with E-state index in [4.69, 9.17) is 0 Å². The van der Waals surface area contributed by atoms with Crippen LogP contribution in [0, 0.1) is 11.8 Å². The summed E-state index contributed by atoms with van der Waals surface area (Å²) in [5.41, 5.74) is 1.95. The third-order valence-electron chi connectivity index (χ3n) is 4.30. The molecule has 0 fully saturated rings. The number of carboxylic acids is 1. The smallest absolute Gasteiger partial charge is 0.326 e. The summed E-state index contributed by atoms with van der Waals surface area (Å²) in [6.07, 6.45) is 0.689. The van der Waals surface area contributed by atoms with Crippen molar-refractivity contribution < 1.29 is 14.7 Å². The van der Waals surface area contributed by atoms with E-state index < -0.39 is 12.0 Å². The quantitative estimate of drug-likeness (QED) is 0.654. The molecular formula is C19H27N3O3S. The third-order valence-corrected chi connectivity index (χ3v) is 5.27. The molecule has 0 radical (unpaired) electrons. The van der Waals surface area contributed by atoms with Crippen molar-refractivity contribution in [2.24, 2.45) is 11.8 Å². The Kier molecular flexibility index (Phi) is 7.08. The van der Waals surface area contributed by atoms with Gasteiger partial charge in [-0.05, 0) is 24.0 Å². The lowest BCUT2D eigenvalue weighted by atomic mass is 9.99. The largest absolute Gasteiger partial charge is 0.480 e. The predicted octanol–water partition coefficient (Wildman–Crippen LogP) is 3.40. The summed E-state index contributed by atoms with van der Waals surface area (Å²) in [4.78, 5) is 28.3. The Morgan fingerprint density at radius 3 is 2.58 bits per heavy atom. The number of carboxylic acid groups (broad SMARTS) is 1. The van der Waals surface area contributed by atoms with E-state index in [0.29, 0.717) is 12.3 Å². The van der Waals surface area contributed by atoms with Crippen LogP contribution in [0.1, 0.15) is 34.1 Å². The van der Waals surface area contributed by atoms with Crippen molar-refractivity contribution in [3.63, 3.8) is 0 Å². The van der Waals surface area contributed by atoms with Gasteiger partial charge in [0, 0.05) is 6.54 Å². The molecule has 26 heavy (non-hydrogen) atoms. The van der Waals surface area contributed by atoms with Gasteiger partial charge in [-0.3, -0.25) is 4.79 Å². The van der Waals surface area contributed by atoms with E-state index in [-0.39, 0.29) is 17.6 Å². The number of imidazole rings is 1. The number of rotatable bonds is 9. The van der Waals surface area contributed by atoms with Crippen LogP contribution in [0.25, 0.3) is 11.0 Å². The van der Waals surface area contributed by atoms with E-state index in [1.807, 2.05) is 38.1 Å². The second-order valence-corrected chi connectivity index (χ2v) is 7.89. The maximum atomic E-state index is 12.3. The number of aromatic nitrogens is 2. The normalized spacial score (nSPS) is 13.7. The van der Waals surface area contributed by atoms with E-state index >= 15 is 0 Å². The number of hydrogen-bond acceptors (Lipinski definition) is 4. The number of carbonyl (C=O) groups is 2. The molecule has 1 amide bonds. The first-order chi connectivity index (χ1) is 12.3. The summed E-state index contributed by atoms with van der Waals surface area (Å²) in [5, 5.41) is 12.7. The van der Waals surface area contributed by atoms with Crippen LogP contribution in [0.3, 0.4) is 0 Å². The molecule has 2 rings (SSSR count). The van der Waals surface area contributed by atoms with E-state index in [1.54, 1.807) is 0 Å². The zero-order valence-corrected chi connectivity index (χ0v) is 16.5. The molecule has 0 saturated heterocycles. The van der Waals surface area contributed by atoms with Crippen molar-refractivity contribution in [3.8, 4) is 0 Å². The fourth-order valence-corrected chi connectivity index (χ4v) is 3.57. The molecule has 0 bridgehead atoms. The number of nitrogens with zero attached hydrogens (tertiary/aromatic N) is 2. The van der Waals surface area contributed by atoms with Crippen molar-refractivity contribution in [1.82, 2.24) is 14.9 Å². The first kappa shape index (κ1) is 20.3. The van der Waals surface area contributed by atoms with E-state index in [0.717, 1.165) is 22.7 Å². The Balaban J connectivity index is 2.11. The number of amides is 1. The predicted molar refractivity (Wildman–Crippen MR) is 104 cm³/mol. The summed E-state index contributed by atoms with van der Waals surface area (Å²) in [7, 11) is 0. The van der Waals surface area contributed by atoms with Crippen molar-refractivity contribution in [2.45, 2.75) is 51.9 Å². The minimum Gasteiger partial charge on any atom is -0.480 e. The highest BCUT2D eigenvalue weighted by molar-refractivity contribution is 7.99. The molecule has 0 spiro atoms. The summed E-state index contributed by atoms with van der Waals surface area (Å²) in [5.74, 6) is -0.813. The molecule has 1 aromatic carbocycles. The molecule has 2 aromatic rings. The van der Waals surface area contributed by atoms with E-state index in [1.165, 1.54) is 11.8 Å². The Morgan fingerprint density at radius 1 is 1.27 bits per heavy atom. The summed E-state index contributed by atoms with van der Waals surface area (Å²) in [6.45, 7) is 8.83. The number of aliphatic carboxylic acids is 1. The summed E-state index contributed by atoms with van der Waals surface area (Å²) < 4.78 is 2.13. The van der Waals surface area contributed by atoms with Gasteiger partial charge in [0.2, 0.25) is 5.91 Å². The lowest BCUT2D eigenvalue weighted by Crippen LogP contribution is -2.45. The highest BCUT2D eigenvalue weighted by Gasteiger charge is 2.25. The van der Waals surface area contributed by atoms with Gasteiger partial charge < -0.3 is 15.0 Å². The lowest BCUT2D eigenvalue weighted by Gasteiger charge is -2.20. The topological polar surface area (TPSA) is 84.2 Å². The molecule has 0 unspecified atom stereocenters. The first-order valence-electron chi connectivity index (χ1n) is 8.93. The number of carbonyl (C=O) groups excluding carboxylic acids is 1. The first-order valence-corrected chi connectivity index (χ1v) is 9.92. The van der Waals surface area contributed by atoms with Gasteiger partial charge in [-0.25, -0.2) is 9.78 Å². The molecule has 0 aliphatic rings. The van der Waals surface area contributed by atoms with Crippen molar-refractivity contribution in [1.29, 1.82) is 0 Å². The highest BCUT2D eigenvalue weighted by Crippen LogP contribution is 2.25. The lowest BCUT2D eigenvalue weighted by molar-refractivity contribution is -0.143. The zero-order valence-electron chi connectivity index (χ0n) is 15.7. The molecule has 1 aromatic heterocycles. The van der Waals surface area contributed by atoms with Crippen LogP contribution in [0.5, 0.6) is 0 Å². The van der Waals surface area contributed by atoms with E-state index in [9.17, 15) is 14.7 Å². The van der Waals surface area contributed by atoms with Gasteiger partial charge >= 0.3 is 5.97 Å². The Labute approximate surface area is 158 Å². The zero-order chi connectivity index (χ0) is 19.3.